The van der Waals surface area contributed by atoms with Crippen molar-refractivity contribution in [2.75, 3.05) is 27.2 Å². The molecule has 0 saturated heterocycles. The quantitative estimate of drug-likeness (QED) is 0.899. The summed E-state index contributed by atoms with van der Waals surface area (Å²) in [6.45, 7) is 2.09. The van der Waals surface area contributed by atoms with E-state index in [9.17, 15) is 19.1 Å². The summed E-state index contributed by atoms with van der Waals surface area (Å²) in [5, 5.41) is 10.0. The number of carbonyl (C=O) groups is 2. The van der Waals surface area contributed by atoms with Gasteiger partial charge in [0.2, 0.25) is 0 Å². The molecule has 0 bridgehead atoms. The van der Waals surface area contributed by atoms with Gasteiger partial charge in [0, 0.05) is 18.7 Å². The summed E-state index contributed by atoms with van der Waals surface area (Å²) in [6, 6.07) is 5.09. The lowest BCUT2D eigenvalue weighted by atomic mass is 9.96. The molecule has 0 aromatic heterocycles. The molecule has 0 radical (unpaired) electrons. The van der Waals surface area contributed by atoms with Gasteiger partial charge in [0.25, 0.3) is 5.91 Å². The summed E-state index contributed by atoms with van der Waals surface area (Å²) in [6.07, 6.45) is 0. The largest absolute Gasteiger partial charge is 0.503 e. The molecule has 1 N–H and O–H groups in total. The molecular weight excluding hydrogens is 287 g/mol. The Morgan fingerprint density at radius 2 is 2.00 bits per heavy atom. The molecule has 1 aliphatic rings. The van der Waals surface area contributed by atoms with Crippen LogP contribution in [0.1, 0.15) is 18.5 Å². The Morgan fingerprint density at radius 3 is 2.55 bits per heavy atom. The fourth-order valence-electron chi connectivity index (χ4n) is 2.57. The second-order valence-corrected chi connectivity index (χ2v) is 5.54. The lowest BCUT2D eigenvalue weighted by molar-refractivity contribution is -0.129. The van der Waals surface area contributed by atoms with E-state index in [1.807, 2.05) is 19.0 Å². The summed E-state index contributed by atoms with van der Waals surface area (Å²) >= 11 is 0. The van der Waals surface area contributed by atoms with Crippen LogP contribution < -0.4 is 0 Å². The van der Waals surface area contributed by atoms with Crippen LogP contribution in [0.2, 0.25) is 0 Å². The van der Waals surface area contributed by atoms with E-state index in [2.05, 4.69) is 0 Å². The van der Waals surface area contributed by atoms with Crippen LogP contribution in [0.3, 0.4) is 0 Å². The molecule has 1 aliphatic heterocycles. The van der Waals surface area contributed by atoms with Crippen molar-refractivity contribution in [3.63, 3.8) is 0 Å². The van der Waals surface area contributed by atoms with Crippen molar-refractivity contribution < 1.29 is 19.1 Å². The summed E-state index contributed by atoms with van der Waals surface area (Å²) in [5.41, 5.74) is 0.165. The Bertz CT molecular complexity index is 640. The van der Waals surface area contributed by atoms with Crippen LogP contribution in [0.25, 0.3) is 0 Å². The summed E-state index contributed by atoms with van der Waals surface area (Å²) in [7, 11) is 3.69. The number of hydrogen-bond donors (Lipinski definition) is 1. The van der Waals surface area contributed by atoms with Crippen LogP contribution in [0.4, 0.5) is 4.39 Å². The Morgan fingerprint density at radius 1 is 1.36 bits per heavy atom. The fourth-order valence-corrected chi connectivity index (χ4v) is 2.57. The van der Waals surface area contributed by atoms with Crippen molar-refractivity contribution >= 4 is 11.7 Å². The number of benzene rings is 1. The van der Waals surface area contributed by atoms with Crippen LogP contribution in [-0.4, -0.2) is 53.8 Å². The van der Waals surface area contributed by atoms with E-state index < -0.39 is 29.3 Å². The van der Waals surface area contributed by atoms with Gasteiger partial charge in [0.05, 0.1) is 11.6 Å². The number of nitrogens with zero attached hydrogens (tertiary/aromatic N) is 2. The van der Waals surface area contributed by atoms with Gasteiger partial charge < -0.3 is 14.9 Å². The van der Waals surface area contributed by atoms with Crippen molar-refractivity contribution in [3.05, 3.63) is 47.0 Å². The summed E-state index contributed by atoms with van der Waals surface area (Å²) in [4.78, 5) is 27.3. The lowest BCUT2D eigenvalue weighted by Gasteiger charge is -2.28. The average Bonchev–Trinajstić information content (AvgIpc) is 2.69. The average molecular weight is 306 g/mol. The first-order chi connectivity index (χ1) is 10.3. The minimum Gasteiger partial charge on any atom is -0.503 e. The van der Waals surface area contributed by atoms with Crippen LogP contribution in [0.5, 0.6) is 0 Å². The smallest absolute Gasteiger partial charge is 0.290 e. The van der Waals surface area contributed by atoms with Crippen molar-refractivity contribution in [1.82, 2.24) is 9.80 Å². The van der Waals surface area contributed by atoms with E-state index in [-0.39, 0.29) is 17.7 Å². The van der Waals surface area contributed by atoms with Crippen LogP contribution >= 0.6 is 0 Å². The number of aliphatic hydroxyl groups excluding tert-OH is 1. The topological polar surface area (TPSA) is 60.9 Å². The van der Waals surface area contributed by atoms with E-state index in [0.717, 1.165) is 0 Å². The first-order valence-corrected chi connectivity index (χ1v) is 6.98. The highest BCUT2D eigenvalue weighted by atomic mass is 19.1. The van der Waals surface area contributed by atoms with Gasteiger partial charge in [0.15, 0.2) is 11.5 Å². The van der Waals surface area contributed by atoms with Gasteiger partial charge in [-0.25, -0.2) is 4.39 Å². The molecule has 1 aromatic carbocycles. The lowest BCUT2D eigenvalue weighted by Crippen LogP contribution is -2.36. The second kappa shape index (κ2) is 6.27. The summed E-state index contributed by atoms with van der Waals surface area (Å²) < 4.78 is 14.1. The van der Waals surface area contributed by atoms with E-state index in [0.29, 0.717) is 6.54 Å². The van der Waals surface area contributed by atoms with Gasteiger partial charge in [-0.3, -0.25) is 9.59 Å². The maximum Gasteiger partial charge on any atom is 0.290 e. The Balaban J connectivity index is 2.48. The molecule has 0 aliphatic carbocycles. The highest BCUT2D eigenvalue weighted by Gasteiger charge is 2.43. The molecular formula is C16H19FN2O3. The predicted molar refractivity (Wildman–Crippen MR) is 79.7 cm³/mol. The van der Waals surface area contributed by atoms with Crippen LogP contribution in [0.15, 0.2) is 35.6 Å². The highest BCUT2D eigenvalue weighted by Crippen LogP contribution is 2.38. The van der Waals surface area contributed by atoms with E-state index in [1.165, 1.54) is 30.0 Å². The van der Waals surface area contributed by atoms with Crippen molar-refractivity contribution in [3.8, 4) is 0 Å². The molecule has 2 rings (SSSR count). The third kappa shape index (κ3) is 2.87. The Kier molecular flexibility index (Phi) is 4.61. The molecule has 6 heteroatoms. The number of hydrogen-bond acceptors (Lipinski definition) is 4. The number of likely N-dealkylation sites (N-methyl/N-ethyl adjacent to an activating group) is 1. The van der Waals surface area contributed by atoms with Gasteiger partial charge in [0.1, 0.15) is 5.82 Å². The summed E-state index contributed by atoms with van der Waals surface area (Å²) in [5.74, 6) is -2.17. The fraction of sp³-hybridized carbons (Fsp3) is 0.375. The first-order valence-electron chi connectivity index (χ1n) is 6.98. The zero-order valence-electron chi connectivity index (χ0n) is 12.8. The van der Waals surface area contributed by atoms with Crippen LogP contribution in [-0.2, 0) is 9.59 Å². The molecule has 0 fully saturated rings. The molecule has 22 heavy (non-hydrogen) atoms. The molecule has 1 amide bonds. The first kappa shape index (κ1) is 16.2. The number of Topliss-reactive ketones (excluding diaryl/α,β-unsaturated/α-hetero) is 1. The zero-order chi connectivity index (χ0) is 16.4. The SMILES string of the molecule is CC(=O)C1=C(O)C(=O)N(CCN(C)C)[C@H]1c1ccccc1F. The van der Waals surface area contributed by atoms with Crippen LogP contribution in [0, 0.1) is 5.82 Å². The molecule has 1 atom stereocenters. The molecule has 0 spiro atoms. The molecule has 1 heterocycles. The van der Waals surface area contributed by atoms with Crippen molar-refractivity contribution in [2.24, 2.45) is 0 Å². The monoisotopic (exact) mass is 306 g/mol. The van der Waals surface area contributed by atoms with Gasteiger partial charge >= 0.3 is 0 Å². The number of carbonyl (C=O) groups excluding carboxylic acids is 2. The Labute approximate surface area is 128 Å². The maximum atomic E-state index is 14.1. The zero-order valence-corrected chi connectivity index (χ0v) is 12.8. The van der Waals surface area contributed by atoms with Crippen molar-refractivity contribution in [2.45, 2.75) is 13.0 Å². The van der Waals surface area contributed by atoms with Gasteiger partial charge in [-0.1, -0.05) is 18.2 Å². The molecule has 0 saturated carbocycles. The molecule has 118 valence electrons. The maximum absolute atomic E-state index is 14.1. The Hall–Kier alpha value is -2.21. The van der Waals surface area contributed by atoms with E-state index in [4.69, 9.17) is 0 Å². The number of ketones is 1. The van der Waals surface area contributed by atoms with E-state index >= 15 is 0 Å². The number of halogens is 1. The predicted octanol–water partition coefficient (Wildman–Crippen LogP) is 1.67. The number of aliphatic hydroxyl groups is 1. The third-order valence-electron chi connectivity index (χ3n) is 3.67. The third-order valence-corrected chi connectivity index (χ3v) is 3.67. The second-order valence-electron chi connectivity index (χ2n) is 5.54. The standard InChI is InChI=1S/C16H19FN2O3/c1-10(20)13-14(11-6-4-5-7-12(11)17)19(9-8-18(2)3)16(22)15(13)21/h4-7,14,21H,8-9H2,1-3H3/t14-/m0/s1. The minimum absolute atomic E-state index is 0.0474. The molecule has 5 nitrogen and oxygen atoms in total. The normalized spacial score (nSPS) is 18.5. The van der Waals surface area contributed by atoms with Crippen molar-refractivity contribution in [1.29, 1.82) is 0 Å². The number of rotatable bonds is 5. The number of amides is 1. The van der Waals surface area contributed by atoms with Gasteiger partial charge in [-0.15, -0.1) is 0 Å². The van der Waals surface area contributed by atoms with Gasteiger partial charge in [-0.05, 0) is 27.1 Å². The van der Waals surface area contributed by atoms with E-state index in [1.54, 1.807) is 6.07 Å². The molecule has 1 aromatic rings. The van der Waals surface area contributed by atoms with Gasteiger partial charge in [-0.2, -0.15) is 0 Å². The molecule has 0 unspecified atom stereocenters. The highest BCUT2D eigenvalue weighted by molar-refractivity contribution is 6.08. The minimum atomic E-state index is -0.883.